The van der Waals surface area contributed by atoms with Gasteiger partial charge in [-0.15, -0.1) is 0 Å². The predicted molar refractivity (Wildman–Crippen MR) is 140 cm³/mol. The number of carbonyl (C=O) groups excluding carboxylic acids is 2. The molecule has 0 unspecified atom stereocenters. The maximum Gasteiger partial charge on any atom is 0.277 e. The molecular formula is C25H25ClFN5O5S. The van der Waals surface area contributed by atoms with Gasteiger partial charge in [-0.1, -0.05) is 11.6 Å². The summed E-state index contributed by atoms with van der Waals surface area (Å²) in [6.45, 7) is 0. The number of carbonyl (C=O) groups is 2. The molecule has 2 heterocycles. The summed E-state index contributed by atoms with van der Waals surface area (Å²) in [4.78, 5) is 34.0. The van der Waals surface area contributed by atoms with Gasteiger partial charge in [-0.3, -0.25) is 9.59 Å². The molecule has 0 atom stereocenters. The molecule has 0 aliphatic heterocycles. The summed E-state index contributed by atoms with van der Waals surface area (Å²) >= 11 is 5.81. The molecular weight excluding hydrogens is 537 g/mol. The van der Waals surface area contributed by atoms with E-state index in [9.17, 15) is 22.4 Å². The molecule has 0 spiro atoms. The molecule has 13 heteroatoms. The lowest BCUT2D eigenvalue weighted by Crippen LogP contribution is -2.32. The van der Waals surface area contributed by atoms with E-state index in [0.717, 1.165) is 31.4 Å². The van der Waals surface area contributed by atoms with E-state index in [0.29, 0.717) is 17.9 Å². The number of nitrogens with two attached hydrogens (primary N) is 1. The number of hydrogen-bond donors (Lipinski definition) is 3. The molecule has 4 N–H and O–H groups in total. The second-order valence-corrected chi connectivity index (χ2v) is 11.3. The van der Waals surface area contributed by atoms with Crippen LogP contribution in [0.1, 0.15) is 46.5 Å². The molecule has 1 saturated carbocycles. The van der Waals surface area contributed by atoms with Crippen LogP contribution >= 0.6 is 11.6 Å². The number of aromatic nitrogens is 2. The van der Waals surface area contributed by atoms with E-state index in [4.69, 9.17) is 22.1 Å². The van der Waals surface area contributed by atoms with Gasteiger partial charge in [-0.2, -0.15) is 0 Å². The average molecular weight is 562 g/mol. The Labute approximate surface area is 223 Å². The van der Waals surface area contributed by atoms with Crippen molar-refractivity contribution < 1.29 is 27.1 Å². The number of benzene rings is 1. The highest BCUT2D eigenvalue weighted by atomic mass is 35.5. The average Bonchev–Trinajstić information content (AvgIpc) is 2.87. The largest absolute Gasteiger partial charge is 0.490 e. The normalized spacial score (nSPS) is 17.5. The van der Waals surface area contributed by atoms with E-state index in [2.05, 4.69) is 20.6 Å². The van der Waals surface area contributed by atoms with E-state index in [1.54, 1.807) is 0 Å². The Balaban J connectivity index is 1.63. The SMILES string of the molecule is CS(=O)(=O)c1ccc(C(=O)Nc2c(F)ccnc2C(=O)Nc2ccc(Cl)cn2)c(OC2CCC(N)CC2)c1. The lowest BCUT2D eigenvalue weighted by Gasteiger charge is -2.27. The van der Waals surface area contributed by atoms with Crippen molar-refractivity contribution in [3.8, 4) is 5.75 Å². The van der Waals surface area contributed by atoms with Gasteiger partial charge in [0.15, 0.2) is 21.3 Å². The minimum Gasteiger partial charge on any atom is -0.490 e. The van der Waals surface area contributed by atoms with Crippen LogP contribution < -0.4 is 21.1 Å². The summed E-state index contributed by atoms with van der Waals surface area (Å²) in [5, 5.41) is 5.21. The van der Waals surface area contributed by atoms with Crippen LogP contribution in [-0.4, -0.2) is 48.6 Å². The van der Waals surface area contributed by atoms with Crippen molar-refractivity contribution in [3.63, 3.8) is 0 Å². The molecule has 0 radical (unpaired) electrons. The third-order valence-electron chi connectivity index (χ3n) is 5.96. The summed E-state index contributed by atoms with van der Waals surface area (Å²) in [6.07, 6.45) is 5.87. The fourth-order valence-corrected chi connectivity index (χ4v) is 4.69. The fraction of sp³-hybridized carbons (Fsp3) is 0.280. The Morgan fingerprint density at radius 3 is 2.45 bits per heavy atom. The van der Waals surface area contributed by atoms with E-state index >= 15 is 0 Å². The van der Waals surface area contributed by atoms with Gasteiger partial charge in [0.1, 0.15) is 17.3 Å². The maximum atomic E-state index is 14.8. The van der Waals surface area contributed by atoms with Crippen molar-refractivity contribution in [2.24, 2.45) is 5.73 Å². The van der Waals surface area contributed by atoms with Gasteiger partial charge in [0.25, 0.3) is 11.8 Å². The zero-order valence-electron chi connectivity index (χ0n) is 20.3. The van der Waals surface area contributed by atoms with Crippen LogP contribution in [0, 0.1) is 5.82 Å². The molecule has 1 aliphatic carbocycles. The zero-order chi connectivity index (χ0) is 27.4. The third-order valence-corrected chi connectivity index (χ3v) is 7.29. The Bertz CT molecular complexity index is 1460. The van der Waals surface area contributed by atoms with Crippen LogP contribution in [-0.2, 0) is 9.84 Å². The van der Waals surface area contributed by atoms with E-state index < -0.39 is 38.9 Å². The van der Waals surface area contributed by atoms with Crippen molar-refractivity contribution in [3.05, 3.63) is 70.9 Å². The minimum atomic E-state index is -3.60. The van der Waals surface area contributed by atoms with Gasteiger partial charge in [-0.05, 0) is 62.1 Å². The molecule has 1 fully saturated rings. The highest BCUT2D eigenvalue weighted by Gasteiger charge is 2.26. The van der Waals surface area contributed by atoms with Crippen molar-refractivity contribution in [2.75, 3.05) is 16.9 Å². The lowest BCUT2D eigenvalue weighted by atomic mass is 9.93. The molecule has 2 amide bonds. The number of hydrogen-bond acceptors (Lipinski definition) is 8. The molecule has 38 heavy (non-hydrogen) atoms. The van der Waals surface area contributed by atoms with Gasteiger partial charge in [0, 0.05) is 24.7 Å². The standard InChI is InChI=1S/C25H25ClFN5O5S/c1-38(35,36)17-7-8-18(20(12-17)37-16-5-3-15(28)4-6-16)24(33)32-22-19(27)10-11-29-23(22)25(34)31-21-9-2-14(26)13-30-21/h2,7-13,15-16H,3-6,28H2,1H3,(H,32,33)(H,30,31,34). The van der Waals surface area contributed by atoms with E-state index in [1.165, 1.54) is 36.5 Å². The molecule has 0 bridgehead atoms. The zero-order valence-corrected chi connectivity index (χ0v) is 21.9. The number of rotatable bonds is 7. The van der Waals surface area contributed by atoms with Gasteiger partial charge < -0.3 is 21.1 Å². The number of halogens is 2. The lowest BCUT2D eigenvalue weighted by molar-refractivity contribution is 0.101. The van der Waals surface area contributed by atoms with E-state index in [1.807, 2.05) is 0 Å². The summed E-state index contributed by atoms with van der Waals surface area (Å²) in [7, 11) is -3.60. The third kappa shape index (κ3) is 6.63. The summed E-state index contributed by atoms with van der Waals surface area (Å²) in [5.74, 6) is -2.39. The van der Waals surface area contributed by atoms with Crippen LogP contribution in [0.5, 0.6) is 5.75 Å². The van der Waals surface area contributed by atoms with Crippen LogP contribution in [0.3, 0.4) is 0 Å². The second kappa shape index (κ2) is 11.4. The van der Waals surface area contributed by atoms with Crippen molar-refractivity contribution in [1.82, 2.24) is 9.97 Å². The summed E-state index contributed by atoms with van der Waals surface area (Å²) in [6, 6.07) is 7.80. The first kappa shape index (κ1) is 27.4. The fourth-order valence-electron chi connectivity index (χ4n) is 3.94. The second-order valence-electron chi connectivity index (χ2n) is 8.87. The van der Waals surface area contributed by atoms with Crippen LogP contribution in [0.4, 0.5) is 15.9 Å². The first-order valence-corrected chi connectivity index (χ1v) is 13.9. The smallest absolute Gasteiger partial charge is 0.277 e. The molecule has 1 aromatic carbocycles. The summed E-state index contributed by atoms with van der Waals surface area (Å²) in [5.41, 5.74) is 5.06. The Kier molecular flexibility index (Phi) is 8.24. The van der Waals surface area contributed by atoms with Crippen LogP contribution in [0.25, 0.3) is 0 Å². The number of ether oxygens (including phenoxy) is 1. The molecule has 10 nitrogen and oxygen atoms in total. The van der Waals surface area contributed by atoms with Crippen molar-refractivity contribution in [2.45, 2.75) is 42.7 Å². The number of sulfone groups is 1. The predicted octanol–water partition coefficient (Wildman–Crippen LogP) is 3.83. The highest BCUT2D eigenvalue weighted by molar-refractivity contribution is 7.90. The van der Waals surface area contributed by atoms with Crippen LogP contribution in [0.2, 0.25) is 5.02 Å². The van der Waals surface area contributed by atoms with Crippen molar-refractivity contribution in [1.29, 1.82) is 0 Å². The number of nitrogens with one attached hydrogen (secondary N) is 2. The minimum absolute atomic E-state index is 0.0200. The first-order valence-electron chi connectivity index (χ1n) is 11.7. The van der Waals surface area contributed by atoms with Gasteiger partial charge in [0.05, 0.1) is 21.6 Å². The number of pyridine rings is 2. The van der Waals surface area contributed by atoms with E-state index in [-0.39, 0.29) is 34.2 Å². The molecule has 1 aliphatic rings. The number of nitrogens with zero attached hydrogens (tertiary/aromatic N) is 2. The molecule has 0 saturated heterocycles. The number of anilines is 2. The van der Waals surface area contributed by atoms with Gasteiger partial charge in [-0.25, -0.2) is 22.8 Å². The van der Waals surface area contributed by atoms with Crippen molar-refractivity contribution >= 4 is 44.8 Å². The maximum absolute atomic E-state index is 14.8. The number of amides is 2. The quantitative estimate of drug-likeness (QED) is 0.393. The Morgan fingerprint density at radius 2 is 1.79 bits per heavy atom. The van der Waals surface area contributed by atoms with Gasteiger partial charge in [0.2, 0.25) is 0 Å². The molecule has 200 valence electrons. The highest BCUT2D eigenvalue weighted by Crippen LogP contribution is 2.30. The first-order chi connectivity index (χ1) is 18.0. The Morgan fingerprint density at radius 1 is 1.05 bits per heavy atom. The summed E-state index contributed by atoms with van der Waals surface area (Å²) < 4.78 is 45.1. The molecule has 2 aromatic heterocycles. The van der Waals surface area contributed by atoms with Gasteiger partial charge >= 0.3 is 0 Å². The van der Waals surface area contributed by atoms with Crippen LogP contribution in [0.15, 0.2) is 53.7 Å². The molecule has 4 rings (SSSR count). The monoisotopic (exact) mass is 561 g/mol. The topological polar surface area (TPSA) is 153 Å². The molecule has 3 aromatic rings. The Hall–Kier alpha value is -3.61.